The van der Waals surface area contributed by atoms with Gasteiger partial charge in [-0.05, 0) is 45.4 Å². The zero-order chi connectivity index (χ0) is 22.9. The summed E-state index contributed by atoms with van der Waals surface area (Å²) in [7, 11) is 0. The highest BCUT2D eigenvalue weighted by atomic mass is 16.6. The van der Waals surface area contributed by atoms with Crippen LogP contribution in [0.3, 0.4) is 0 Å². The van der Waals surface area contributed by atoms with Crippen LogP contribution in [0, 0.1) is 17.0 Å². The molecule has 1 fully saturated rings. The summed E-state index contributed by atoms with van der Waals surface area (Å²) >= 11 is 0. The van der Waals surface area contributed by atoms with E-state index in [1.54, 1.807) is 12.1 Å². The number of anilines is 1. The molecule has 0 radical (unpaired) electrons. The van der Waals surface area contributed by atoms with Crippen molar-refractivity contribution in [1.29, 1.82) is 0 Å². The molecule has 0 saturated carbocycles. The summed E-state index contributed by atoms with van der Waals surface area (Å²) in [6, 6.07) is 11.4. The van der Waals surface area contributed by atoms with Crippen molar-refractivity contribution in [2.24, 2.45) is 0 Å². The van der Waals surface area contributed by atoms with Gasteiger partial charge in [0.15, 0.2) is 0 Å². The van der Waals surface area contributed by atoms with Crippen LogP contribution in [-0.2, 0) is 9.59 Å². The number of nitro benzene ring substituents is 1. The maximum absolute atomic E-state index is 13.5. The van der Waals surface area contributed by atoms with E-state index < -0.39 is 28.3 Å². The van der Waals surface area contributed by atoms with Crippen molar-refractivity contribution in [3.05, 3.63) is 69.8 Å². The molecule has 1 aliphatic rings. The highest BCUT2D eigenvalue weighted by molar-refractivity contribution is 6.23. The van der Waals surface area contributed by atoms with Gasteiger partial charge < -0.3 is 4.90 Å². The van der Waals surface area contributed by atoms with Crippen molar-refractivity contribution in [3.8, 4) is 0 Å². The van der Waals surface area contributed by atoms with Gasteiger partial charge in [0.05, 0.1) is 17.0 Å². The Morgan fingerprint density at radius 3 is 2.42 bits per heavy atom. The van der Waals surface area contributed by atoms with Crippen molar-refractivity contribution in [1.82, 2.24) is 4.90 Å². The number of benzene rings is 2. The Hall–Kier alpha value is -3.55. The molecule has 3 amide bonds. The minimum atomic E-state index is -0.990. The molecule has 0 spiro atoms. The number of aryl methyl sites for hydroxylation is 1. The summed E-state index contributed by atoms with van der Waals surface area (Å²) in [5.74, 6) is -1.38. The second-order valence-corrected chi connectivity index (χ2v) is 8.27. The van der Waals surface area contributed by atoms with E-state index in [1.807, 2.05) is 39.8 Å². The first-order valence-electron chi connectivity index (χ1n) is 10.1. The van der Waals surface area contributed by atoms with Crippen LogP contribution < -0.4 is 4.90 Å². The van der Waals surface area contributed by atoms with E-state index >= 15 is 0 Å². The summed E-state index contributed by atoms with van der Waals surface area (Å²) in [5, 5.41) is 11.1. The monoisotopic (exact) mass is 423 g/mol. The lowest BCUT2D eigenvalue weighted by atomic mass is 9.94. The van der Waals surface area contributed by atoms with E-state index in [9.17, 15) is 24.5 Å². The van der Waals surface area contributed by atoms with Crippen LogP contribution in [0.5, 0.6) is 0 Å². The number of hydrogen-bond donors (Lipinski definition) is 0. The van der Waals surface area contributed by atoms with E-state index in [0.29, 0.717) is 12.1 Å². The highest BCUT2D eigenvalue weighted by Crippen LogP contribution is 2.33. The zero-order valence-corrected chi connectivity index (χ0v) is 18.0. The molecule has 8 heteroatoms. The second kappa shape index (κ2) is 8.29. The third-order valence-corrected chi connectivity index (χ3v) is 5.77. The SMILES string of the molecule is CCC(C)(C)N(C(=O)c1cccc([N+](=O)[O-])c1)C1CC(=O)N(c2ccc(C)cc2)C1=O. The fourth-order valence-electron chi connectivity index (χ4n) is 3.68. The molecule has 0 N–H and O–H groups in total. The van der Waals surface area contributed by atoms with Crippen LogP contribution >= 0.6 is 0 Å². The third-order valence-electron chi connectivity index (χ3n) is 5.77. The van der Waals surface area contributed by atoms with Crippen LogP contribution in [-0.4, -0.2) is 39.1 Å². The molecule has 1 saturated heterocycles. The van der Waals surface area contributed by atoms with E-state index in [4.69, 9.17) is 0 Å². The van der Waals surface area contributed by atoms with E-state index in [1.165, 1.54) is 29.2 Å². The van der Waals surface area contributed by atoms with Gasteiger partial charge in [-0.25, -0.2) is 4.90 Å². The predicted octanol–water partition coefficient (Wildman–Crippen LogP) is 3.87. The van der Waals surface area contributed by atoms with Gasteiger partial charge in [-0.3, -0.25) is 24.5 Å². The number of rotatable bonds is 6. The Kier molecular flexibility index (Phi) is 5.92. The topological polar surface area (TPSA) is 101 Å². The molecule has 0 aromatic heterocycles. The normalized spacial score (nSPS) is 16.5. The fraction of sp³-hybridized carbons (Fsp3) is 0.348. The maximum Gasteiger partial charge on any atom is 0.270 e. The van der Waals surface area contributed by atoms with Crippen molar-refractivity contribution in [2.75, 3.05) is 4.90 Å². The smallest absolute Gasteiger partial charge is 0.270 e. The van der Waals surface area contributed by atoms with Gasteiger partial charge in [-0.15, -0.1) is 0 Å². The molecule has 2 aromatic rings. The summed E-state index contributed by atoms with van der Waals surface area (Å²) in [4.78, 5) is 52.7. The molecule has 1 heterocycles. The predicted molar refractivity (Wildman–Crippen MR) is 116 cm³/mol. The zero-order valence-electron chi connectivity index (χ0n) is 18.0. The molecule has 0 bridgehead atoms. The third kappa shape index (κ3) is 4.19. The Labute approximate surface area is 180 Å². The summed E-state index contributed by atoms with van der Waals surface area (Å²) < 4.78 is 0. The number of amides is 3. The molecular weight excluding hydrogens is 398 g/mol. The van der Waals surface area contributed by atoms with Crippen LogP contribution in [0.15, 0.2) is 48.5 Å². The highest BCUT2D eigenvalue weighted by Gasteiger charge is 2.48. The Morgan fingerprint density at radius 1 is 1.19 bits per heavy atom. The van der Waals surface area contributed by atoms with Crippen LogP contribution in [0.1, 0.15) is 49.5 Å². The fourth-order valence-corrected chi connectivity index (χ4v) is 3.68. The first-order chi connectivity index (χ1) is 14.6. The number of carbonyl (C=O) groups is 3. The van der Waals surface area contributed by atoms with Gasteiger partial charge in [-0.1, -0.05) is 30.7 Å². The molecular formula is C23H25N3O5. The number of carbonyl (C=O) groups excluding carboxylic acids is 3. The van der Waals surface area contributed by atoms with Gasteiger partial charge in [0, 0.05) is 23.2 Å². The van der Waals surface area contributed by atoms with Crippen molar-refractivity contribution < 1.29 is 19.3 Å². The number of nitrogens with zero attached hydrogens (tertiary/aromatic N) is 3. The van der Waals surface area contributed by atoms with Gasteiger partial charge in [0.25, 0.3) is 17.5 Å². The Balaban J connectivity index is 2.02. The minimum Gasteiger partial charge on any atom is -0.321 e. The van der Waals surface area contributed by atoms with Gasteiger partial charge in [-0.2, -0.15) is 0 Å². The molecule has 1 unspecified atom stereocenters. The van der Waals surface area contributed by atoms with E-state index in [2.05, 4.69) is 0 Å². The van der Waals surface area contributed by atoms with Crippen LogP contribution in [0.25, 0.3) is 0 Å². The molecule has 31 heavy (non-hydrogen) atoms. The minimum absolute atomic E-state index is 0.102. The van der Waals surface area contributed by atoms with Crippen molar-refractivity contribution in [3.63, 3.8) is 0 Å². The van der Waals surface area contributed by atoms with E-state index in [0.717, 1.165) is 10.5 Å². The lowest BCUT2D eigenvalue weighted by molar-refractivity contribution is -0.384. The Bertz CT molecular complexity index is 1050. The Morgan fingerprint density at radius 2 is 1.84 bits per heavy atom. The van der Waals surface area contributed by atoms with Gasteiger partial charge in [0.1, 0.15) is 6.04 Å². The number of non-ortho nitro benzene ring substituents is 1. The van der Waals surface area contributed by atoms with E-state index in [-0.39, 0.29) is 23.6 Å². The molecule has 1 atom stereocenters. The average Bonchev–Trinajstić information content (AvgIpc) is 3.02. The first kappa shape index (κ1) is 22.1. The quantitative estimate of drug-likeness (QED) is 0.399. The van der Waals surface area contributed by atoms with Crippen LogP contribution in [0.2, 0.25) is 0 Å². The lowest BCUT2D eigenvalue weighted by Crippen LogP contribution is -2.55. The molecule has 8 nitrogen and oxygen atoms in total. The molecule has 162 valence electrons. The van der Waals surface area contributed by atoms with Gasteiger partial charge >= 0.3 is 0 Å². The first-order valence-corrected chi connectivity index (χ1v) is 10.1. The van der Waals surface area contributed by atoms with Gasteiger partial charge in [0.2, 0.25) is 5.91 Å². The van der Waals surface area contributed by atoms with Crippen molar-refractivity contribution in [2.45, 2.75) is 52.1 Å². The van der Waals surface area contributed by atoms with Crippen LogP contribution in [0.4, 0.5) is 11.4 Å². The number of nitro groups is 1. The molecule has 2 aromatic carbocycles. The molecule has 1 aliphatic heterocycles. The largest absolute Gasteiger partial charge is 0.321 e. The number of hydrogen-bond acceptors (Lipinski definition) is 5. The molecule has 3 rings (SSSR count). The lowest BCUT2D eigenvalue weighted by Gasteiger charge is -2.41. The average molecular weight is 423 g/mol. The maximum atomic E-state index is 13.5. The summed E-state index contributed by atoms with van der Waals surface area (Å²) in [6.45, 7) is 7.42. The number of imide groups is 1. The molecule has 0 aliphatic carbocycles. The standard InChI is InChI=1S/C23H25N3O5/c1-5-23(3,4)25(21(28)16-7-6-8-18(13-16)26(30)31)19-14-20(27)24(22(19)29)17-11-9-15(2)10-12-17/h6-13,19H,5,14H2,1-4H3. The summed E-state index contributed by atoms with van der Waals surface area (Å²) in [6.07, 6.45) is 0.382. The second-order valence-electron chi connectivity index (χ2n) is 8.27. The summed E-state index contributed by atoms with van der Waals surface area (Å²) in [5.41, 5.74) is 0.583. The van der Waals surface area contributed by atoms with Crippen molar-refractivity contribution >= 4 is 29.1 Å².